The zero-order chi connectivity index (χ0) is 19.5. The van der Waals surface area contributed by atoms with E-state index in [4.69, 9.17) is 4.42 Å². The summed E-state index contributed by atoms with van der Waals surface area (Å²) < 4.78 is 5.21. The van der Waals surface area contributed by atoms with Gasteiger partial charge in [0.05, 0.1) is 4.92 Å². The predicted octanol–water partition coefficient (Wildman–Crippen LogP) is 3.65. The summed E-state index contributed by atoms with van der Waals surface area (Å²) in [6, 6.07) is 5.36. The minimum absolute atomic E-state index is 0.0993. The highest BCUT2D eigenvalue weighted by Crippen LogP contribution is 2.59. The van der Waals surface area contributed by atoms with Crippen LogP contribution in [0.15, 0.2) is 33.5 Å². The summed E-state index contributed by atoms with van der Waals surface area (Å²) in [6.45, 7) is 0.585. The average molecular weight is 382 g/mol. The van der Waals surface area contributed by atoms with Gasteiger partial charge in [-0.05, 0) is 73.8 Å². The number of hydrogen-bond donors (Lipinski definition) is 1. The summed E-state index contributed by atoms with van der Waals surface area (Å²) in [5, 5.41) is 14.3. The van der Waals surface area contributed by atoms with Crippen molar-refractivity contribution in [3.63, 3.8) is 0 Å². The summed E-state index contributed by atoms with van der Waals surface area (Å²) in [5.41, 5.74) is -0.531. The zero-order valence-corrected chi connectivity index (χ0v) is 15.5. The van der Waals surface area contributed by atoms with Crippen LogP contribution in [0.5, 0.6) is 0 Å². The van der Waals surface area contributed by atoms with Crippen LogP contribution in [0.4, 0.5) is 5.69 Å². The van der Waals surface area contributed by atoms with Crippen molar-refractivity contribution >= 4 is 22.6 Å². The maximum absolute atomic E-state index is 12.7. The quantitative estimate of drug-likeness (QED) is 0.494. The Bertz CT molecular complexity index is 1010. The summed E-state index contributed by atoms with van der Waals surface area (Å²) in [7, 11) is 0. The molecule has 6 rings (SSSR count). The number of hydrogen-bond acceptors (Lipinski definition) is 5. The first kappa shape index (κ1) is 17.4. The lowest BCUT2D eigenvalue weighted by atomic mass is 9.49. The predicted molar refractivity (Wildman–Crippen MR) is 102 cm³/mol. The van der Waals surface area contributed by atoms with Crippen LogP contribution in [-0.2, 0) is 0 Å². The third kappa shape index (κ3) is 2.89. The number of nitrogens with one attached hydrogen (secondary N) is 1. The Morgan fingerprint density at radius 1 is 1.14 bits per heavy atom. The topological polar surface area (TPSA) is 102 Å². The molecule has 1 amide bonds. The first-order valence-corrected chi connectivity index (χ1v) is 9.91. The van der Waals surface area contributed by atoms with Gasteiger partial charge in [-0.3, -0.25) is 14.9 Å². The van der Waals surface area contributed by atoms with Crippen molar-refractivity contribution in [1.82, 2.24) is 5.32 Å². The normalized spacial score (nSPS) is 30.5. The van der Waals surface area contributed by atoms with Crippen molar-refractivity contribution in [2.75, 3.05) is 6.54 Å². The molecule has 0 spiro atoms. The Labute approximate surface area is 161 Å². The molecule has 146 valence electrons. The van der Waals surface area contributed by atoms with Crippen molar-refractivity contribution in [3.05, 3.63) is 50.4 Å². The molecule has 0 saturated heterocycles. The molecule has 1 aromatic carbocycles. The third-order valence-electron chi connectivity index (χ3n) is 6.96. The molecule has 0 aliphatic heterocycles. The number of benzene rings is 1. The molecule has 0 unspecified atom stereocenters. The fourth-order valence-electron chi connectivity index (χ4n) is 6.25. The van der Waals surface area contributed by atoms with E-state index < -0.39 is 16.5 Å². The first-order valence-electron chi connectivity index (χ1n) is 9.91. The van der Waals surface area contributed by atoms with Crippen molar-refractivity contribution in [2.45, 2.75) is 38.5 Å². The molecule has 1 aromatic heterocycles. The third-order valence-corrected chi connectivity index (χ3v) is 6.96. The molecule has 28 heavy (non-hydrogen) atoms. The van der Waals surface area contributed by atoms with Crippen molar-refractivity contribution in [2.24, 2.45) is 23.2 Å². The lowest BCUT2D eigenvalue weighted by Crippen LogP contribution is -2.51. The highest BCUT2D eigenvalue weighted by atomic mass is 16.6. The number of nitro groups is 1. The van der Waals surface area contributed by atoms with E-state index in [0.29, 0.717) is 11.9 Å². The Balaban J connectivity index is 1.38. The average Bonchev–Trinajstić information content (AvgIpc) is 2.64. The minimum atomic E-state index is -0.718. The second-order valence-corrected chi connectivity index (χ2v) is 9.03. The van der Waals surface area contributed by atoms with Gasteiger partial charge in [-0.1, -0.05) is 0 Å². The number of fused-ring (bicyclic) bond motifs is 1. The number of rotatable bonds is 4. The highest BCUT2D eigenvalue weighted by molar-refractivity contribution is 5.96. The minimum Gasteiger partial charge on any atom is -0.422 e. The molecule has 1 N–H and O–H groups in total. The van der Waals surface area contributed by atoms with Gasteiger partial charge in [0.25, 0.3) is 11.6 Å². The Morgan fingerprint density at radius 3 is 2.39 bits per heavy atom. The van der Waals surface area contributed by atoms with Gasteiger partial charge in [0.1, 0.15) is 11.1 Å². The van der Waals surface area contributed by atoms with Gasteiger partial charge in [0, 0.05) is 24.1 Å². The lowest BCUT2D eigenvalue weighted by Gasteiger charge is -2.56. The molecule has 7 heteroatoms. The van der Waals surface area contributed by atoms with Crippen molar-refractivity contribution in [3.8, 4) is 0 Å². The molecule has 2 aromatic rings. The van der Waals surface area contributed by atoms with Crippen LogP contribution in [0.1, 0.15) is 48.9 Å². The van der Waals surface area contributed by atoms with E-state index in [9.17, 15) is 19.7 Å². The maximum Gasteiger partial charge on any atom is 0.349 e. The summed E-state index contributed by atoms with van der Waals surface area (Å²) in [6.07, 6.45) is 7.49. The van der Waals surface area contributed by atoms with Crippen LogP contribution in [0.2, 0.25) is 0 Å². The Hall–Kier alpha value is -2.70. The molecule has 4 aliphatic carbocycles. The highest BCUT2D eigenvalue weighted by Gasteiger charge is 2.50. The second-order valence-electron chi connectivity index (χ2n) is 9.03. The second kappa shape index (κ2) is 6.15. The number of carbonyl (C=O) groups is 1. The van der Waals surface area contributed by atoms with Gasteiger partial charge in [-0.25, -0.2) is 4.79 Å². The molecule has 4 fully saturated rings. The van der Waals surface area contributed by atoms with E-state index in [1.54, 1.807) is 0 Å². The van der Waals surface area contributed by atoms with E-state index in [0.717, 1.165) is 17.8 Å². The van der Waals surface area contributed by atoms with Gasteiger partial charge >= 0.3 is 5.63 Å². The number of carbonyl (C=O) groups excluding carboxylic acids is 1. The molecular formula is C21H22N2O5. The molecule has 1 heterocycles. The van der Waals surface area contributed by atoms with Gasteiger partial charge in [0.15, 0.2) is 0 Å². The van der Waals surface area contributed by atoms with Gasteiger partial charge in [-0.2, -0.15) is 0 Å². The van der Waals surface area contributed by atoms with Crippen LogP contribution >= 0.6 is 0 Å². The molecular weight excluding hydrogens is 360 g/mol. The fourth-order valence-corrected chi connectivity index (χ4v) is 6.25. The van der Waals surface area contributed by atoms with E-state index in [1.807, 2.05) is 0 Å². The SMILES string of the molecule is O=C(NCC12CC3CC(CC(C3)C1)C2)c1cc2cc([N+](=O)[O-])ccc2oc1=O. The fraction of sp³-hybridized carbons (Fsp3) is 0.524. The maximum atomic E-state index is 12.7. The first-order chi connectivity index (χ1) is 13.4. The molecule has 4 aliphatic rings. The number of nitrogens with zero attached hydrogens (tertiary/aromatic N) is 1. The van der Waals surface area contributed by atoms with Crippen LogP contribution in [0.25, 0.3) is 11.0 Å². The summed E-state index contributed by atoms with van der Waals surface area (Å²) >= 11 is 0. The number of nitro benzene ring substituents is 1. The van der Waals surface area contributed by atoms with Gasteiger partial charge in [0.2, 0.25) is 0 Å². The summed E-state index contributed by atoms with van der Waals surface area (Å²) in [5.74, 6) is 1.90. The molecule has 0 radical (unpaired) electrons. The van der Waals surface area contributed by atoms with E-state index in [-0.39, 0.29) is 22.2 Å². The Kier molecular flexibility index (Phi) is 3.82. The standard InChI is InChI=1S/C21H22N2O5/c24-19(22-11-21-8-12-3-13(9-21)5-14(4-12)10-21)17-7-15-6-16(23(26)27)1-2-18(15)28-20(17)25/h1-2,6-7,12-14H,3-5,8-11H2,(H,22,24). The summed E-state index contributed by atoms with van der Waals surface area (Å²) in [4.78, 5) is 35.4. The number of non-ortho nitro benzene ring substituents is 1. The van der Waals surface area contributed by atoms with Gasteiger partial charge in [-0.15, -0.1) is 0 Å². The Morgan fingerprint density at radius 2 is 1.79 bits per heavy atom. The molecule has 4 bridgehead atoms. The van der Waals surface area contributed by atoms with Gasteiger partial charge < -0.3 is 9.73 Å². The van der Waals surface area contributed by atoms with Crippen LogP contribution in [0, 0.1) is 33.3 Å². The molecule has 7 nitrogen and oxygen atoms in total. The van der Waals surface area contributed by atoms with Crippen molar-refractivity contribution < 1.29 is 14.1 Å². The largest absolute Gasteiger partial charge is 0.422 e. The van der Waals surface area contributed by atoms with Crippen molar-refractivity contribution in [1.29, 1.82) is 0 Å². The van der Waals surface area contributed by atoms with Crippen LogP contribution < -0.4 is 10.9 Å². The van der Waals surface area contributed by atoms with Crippen LogP contribution in [0.3, 0.4) is 0 Å². The number of amides is 1. The lowest BCUT2D eigenvalue weighted by molar-refractivity contribution is -0.384. The van der Waals surface area contributed by atoms with Crippen LogP contribution in [-0.4, -0.2) is 17.4 Å². The molecule has 0 atom stereocenters. The zero-order valence-electron chi connectivity index (χ0n) is 15.5. The van der Waals surface area contributed by atoms with E-state index >= 15 is 0 Å². The smallest absolute Gasteiger partial charge is 0.349 e. The van der Waals surface area contributed by atoms with E-state index in [1.165, 1.54) is 62.8 Å². The van der Waals surface area contributed by atoms with E-state index in [2.05, 4.69) is 5.32 Å². The molecule has 4 saturated carbocycles. The monoisotopic (exact) mass is 382 g/mol.